The van der Waals surface area contributed by atoms with Crippen molar-refractivity contribution in [2.24, 2.45) is 5.92 Å². The van der Waals surface area contributed by atoms with Crippen molar-refractivity contribution in [1.29, 1.82) is 0 Å². The molecule has 0 bridgehead atoms. The Labute approximate surface area is 103 Å². The molecular weight excluding hydrogens is 210 g/mol. The quantitative estimate of drug-likeness (QED) is 0.863. The van der Waals surface area contributed by atoms with Crippen molar-refractivity contribution in [1.82, 2.24) is 5.32 Å². The molecule has 2 nitrogen and oxygen atoms in total. The third-order valence-corrected chi connectivity index (χ3v) is 4.37. The first-order chi connectivity index (χ1) is 8.36. The highest BCUT2D eigenvalue weighted by atomic mass is 16.5. The minimum Gasteiger partial charge on any atom is -0.493 e. The molecule has 1 aliphatic heterocycles. The van der Waals surface area contributed by atoms with Crippen molar-refractivity contribution in [3.8, 4) is 5.75 Å². The SMILES string of the molecule is CNC1CCC(CC2COc3ccccc32)C1. The second kappa shape index (κ2) is 4.69. The highest BCUT2D eigenvalue weighted by Gasteiger charge is 2.30. The molecule has 2 aliphatic rings. The Morgan fingerprint density at radius 3 is 3.00 bits per heavy atom. The molecule has 1 N–H and O–H groups in total. The summed E-state index contributed by atoms with van der Waals surface area (Å²) in [7, 11) is 2.08. The highest BCUT2D eigenvalue weighted by Crippen LogP contribution is 2.40. The monoisotopic (exact) mass is 231 g/mol. The van der Waals surface area contributed by atoms with Crippen molar-refractivity contribution in [3.63, 3.8) is 0 Å². The Hall–Kier alpha value is -1.02. The maximum Gasteiger partial charge on any atom is 0.122 e. The number of rotatable bonds is 3. The zero-order chi connectivity index (χ0) is 11.7. The molecule has 3 unspecified atom stereocenters. The maximum atomic E-state index is 5.76. The summed E-state index contributed by atoms with van der Waals surface area (Å²) >= 11 is 0. The normalized spacial score (nSPS) is 31.2. The van der Waals surface area contributed by atoms with Gasteiger partial charge < -0.3 is 10.1 Å². The first-order valence-electron chi connectivity index (χ1n) is 6.76. The minimum absolute atomic E-state index is 0.631. The molecule has 1 aliphatic carbocycles. The van der Waals surface area contributed by atoms with Gasteiger partial charge in [0.05, 0.1) is 6.61 Å². The Kier molecular flexibility index (Phi) is 3.06. The number of hydrogen-bond donors (Lipinski definition) is 1. The van der Waals surface area contributed by atoms with E-state index < -0.39 is 0 Å². The summed E-state index contributed by atoms with van der Waals surface area (Å²) in [6, 6.07) is 9.27. The van der Waals surface area contributed by atoms with Gasteiger partial charge in [-0.3, -0.25) is 0 Å². The lowest BCUT2D eigenvalue weighted by Gasteiger charge is -2.15. The Balaban J connectivity index is 1.64. The first kappa shape index (κ1) is 11.1. The second-order valence-corrected chi connectivity index (χ2v) is 5.45. The van der Waals surface area contributed by atoms with Gasteiger partial charge in [0, 0.05) is 17.5 Å². The molecule has 0 amide bonds. The molecule has 0 spiro atoms. The van der Waals surface area contributed by atoms with Gasteiger partial charge in [0.25, 0.3) is 0 Å². The topological polar surface area (TPSA) is 21.3 Å². The molecule has 3 atom stereocenters. The molecule has 2 heteroatoms. The zero-order valence-electron chi connectivity index (χ0n) is 10.5. The lowest BCUT2D eigenvalue weighted by atomic mass is 9.89. The standard InChI is InChI=1S/C15H21NO/c1-16-13-7-6-11(9-13)8-12-10-17-15-5-3-2-4-14(12)15/h2-5,11-13,16H,6-10H2,1H3. The average Bonchev–Trinajstić information content (AvgIpc) is 2.97. The summed E-state index contributed by atoms with van der Waals surface area (Å²) in [6.45, 7) is 0.889. The van der Waals surface area contributed by atoms with Gasteiger partial charge in [-0.1, -0.05) is 18.2 Å². The third kappa shape index (κ3) is 2.19. The number of ether oxygens (including phenoxy) is 1. The molecule has 1 aromatic rings. The molecule has 0 radical (unpaired) electrons. The van der Waals surface area contributed by atoms with E-state index in [0.717, 1.165) is 24.3 Å². The van der Waals surface area contributed by atoms with Gasteiger partial charge in [-0.25, -0.2) is 0 Å². The van der Waals surface area contributed by atoms with E-state index in [9.17, 15) is 0 Å². The van der Waals surface area contributed by atoms with Crippen LogP contribution < -0.4 is 10.1 Å². The van der Waals surface area contributed by atoms with Crippen molar-refractivity contribution >= 4 is 0 Å². The summed E-state index contributed by atoms with van der Waals surface area (Å²) in [5.74, 6) is 2.62. The number of hydrogen-bond acceptors (Lipinski definition) is 2. The fourth-order valence-corrected chi connectivity index (χ4v) is 3.38. The van der Waals surface area contributed by atoms with E-state index in [1.165, 1.54) is 31.2 Å². The van der Waals surface area contributed by atoms with E-state index in [-0.39, 0.29) is 0 Å². The molecule has 0 saturated heterocycles. The van der Waals surface area contributed by atoms with Crippen LogP contribution in [0.15, 0.2) is 24.3 Å². The fourth-order valence-electron chi connectivity index (χ4n) is 3.38. The maximum absolute atomic E-state index is 5.76. The minimum atomic E-state index is 0.631. The Bertz CT molecular complexity index is 390. The lowest BCUT2D eigenvalue weighted by molar-refractivity contribution is 0.305. The van der Waals surface area contributed by atoms with Gasteiger partial charge in [0.1, 0.15) is 5.75 Å². The number of fused-ring (bicyclic) bond motifs is 1. The molecule has 1 aromatic carbocycles. The van der Waals surface area contributed by atoms with E-state index in [4.69, 9.17) is 4.74 Å². The Morgan fingerprint density at radius 2 is 2.18 bits per heavy atom. The van der Waals surface area contributed by atoms with E-state index in [1.807, 2.05) is 0 Å². The van der Waals surface area contributed by atoms with Crippen molar-refractivity contribution in [2.45, 2.75) is 37.6 Å². The van der Waals surface area contributed by atoms with Crippen LogP contribution in [-0.4, -0.2) is 19.7 Å². The lowest BCUT2D eigenvalue weighted by Crippen LogP contribution is -2.21. The van der Waals surface area contributed by atoms with E-state index in [0.29, 0.717) is 5.92 Å². The Morgan fingerprint density at radius 1 is 1.29 bits per heavy atom. The molecule has 0 aromatic heterocycles. The third-order valence-electron chi connectivity index (χ3n) is 4.37. The highest BCUT2D eigenvalue weighted by molar-refractivity contribution is 5.39. The zero-order valence-corrected chi connectivity index (χ0v) is 10.5. The molecule has 3 rings (SSSR count). The van der Waals surface area contributed by atoms with E-state index in [1.54, 1.807) is 0 Å². The van der Waals surface area contributed by atoms with Crippen molar-refractivity contribution < 1.29 is 4.74 Å². The van der Waals surface area contributed by atoms with Gasteiger partial charge in [-0.2, -0.15) is 0 Å². The van der Waals surface area contributed by atoms with Crippen LogP contribution in [0.25, 0.3) is 0 Å². The van der Waals surface area contributed by atoms with E-state index >= 15 is 0 Å². The smallest absolute Gasteiger partial charge is 0.122 e. The first-order valence-corrected chi connectivity index (χ1v) is 6.76. The summed E-state index contributed by atoms with van der Waals surface area (Å²) in [5, 5.41) is 3.41. The van der Waals surface area contributed by atoms with Crippen LogP contribution in [0, 0.1) is 5.92 Å². The predicted octanol–water partition coefficient (Wildman–Crippen LogP) is 2.94. The summed E-state index contributed by atoms with van der Waals surface area (Å²) in [4.78, 5) is 0. The number of benzene rings is 1. The molecule has 1 saturated carbocycles. The van der Waals surface area contributed by atoms with Crippen LogP contribution in [0.5, 0.6) is 5.75 Å². The van der Waals surface area contributed by atoms with Gasteiger partial charge in [0.15, 0.2) is 0 Å². The molecule has 1 heterocycles. The molecule has 1 fully saturated rings. The van der Waals surface area contributed by atoms with Crippen molar-refractivity contribution in [3.05, 3.63) is 29.8 Å². The summed E-state index contributed by atoms with van der Waals surface area (Å²) < 4.78 is 5.76. The number of para-hydroxylation sites is 1. The summed E-state index contributed by atoms with van der Waals surface area (Å²) in [5.41, 5.74) is 1.43. The van der Waals surface area contributed by atoms with Crippen LogP contribution in [0.4, 0.5) is 0 Å². The summed E-state index contributed by atoms with van der Waals surface area (Å²) in [6.07, 6.45) is 5.37. The molecule has 92 valence electrons. The van der Waals surface area contributed by atoms with Crippen LogP contribution in [0.1, 0.15) is 37.2 Å². The van der Waals surface area contributed by atoms with Crippen LogP contribution in [-0.2, 0) is 0 Å². The van der Waals surface area contributed by atoms with Crippen LogP contribution >= 0.6 is 0 Å². The van der Waals surface area contributed by atoms with Gasteiger partial charge in [-0.15, -0.1) is 0 Å². The molecule has 17 heavy (non-hydrogen) atoms. The average molecular weight is 231 g/mol. The van der Waals surface area contributed by atoms with Crippen LogP contribution in [0.3, 0.4) is 0 Å². The van der Waals surface area contributed by atoms with Gasteiger partial charge >= 0.3 is 0 Å². The second-order valence-electron chi connectivity index (χ2n) is 5.45. The van der Waals surface area contributed by atoms with Crippen molar-refractivity contribution in [2.75, 3.05) is 13.7 Å². The van der Waals surface area contributed by atoms with Crippen LogP contribution in [0.2, 0.25) is 0 Å². The predicted molar refractivity (Wildman–Crippen MR) is 69.5 cm³/mol. The largest absolute Gasteiger partial charge is 0.493 e. The van der Waals surface area contributed by atoms with E-state index in [2.05, 4.69) is 36.6 Å². The van der Waals surface area contributed by atoms with Gasteiger partial charge in [0.2, 0.25) is 0 Å². The van der Waals surface area contributed by atoms with Gasteiger partial charge in [-0.05, 0) is 44.7 Å². The fraction of sp³-hybridized carbons (Fsp3) is 0.600. The number of nitrogens with one attached hydrogen (secondary N) is 1. The molecular formula is C15H21NO.